The highest BCUT2D eigenvalue weighted by Gasteiger charge is 2.18. The highest BCUT2D eigenvalue weighted by molar-refractivity contribution is 6.39. The van der Waals surface area contributed by atoms with Crippen molar-refractivity contribution in [3.8, 4) is 0 Å². The van der Waals surface area contributed by atoms with E-state index in [-0.39, 0.29) is 18.0 Å². The fourth-order valence-corrected chi connectivity index (χ4v) is 3.70. The number of carboxylic acid groups (broad SMARTS) is 1. The van der Waals surface area contributed by atoms with Gasteiger partial charge in [0.05, 0.1) is 17.1 Å². The number of pyridine rings is 1. The van der Waals surface area contributed by atoms with Crippen LogP contribution in [0.5, 0.6) is 0 Å². The van der Waals surface area contributed by atoms with Gasteiger partial charge >= 0.3 is 5.97 Å². The molecule has 1 aromatic heterocycles. The van der Waals surface area contributed by atoms with Crippen LogP contribution >= 0.6 is 23.2 Å². The average Bonchev–Trinajstić information content (AvgIpc) is 2.67. The van der Waals surface area contributed by atoms with E-state index in [1.807, 2.05) is 12.1 Å². The quantitative estimate of drug-likeness (QED) is 0.628. The van der Waals surface area contributed by atoms with Gasteiger partial charge in [-0.15, -0.1) is 0 Å². The monoisotopic (exact) mass is 431 g/mol. The summed E-state index contributed by atoms with van der Waals surface area (Å²) in [7, 11) is 3.44. The molecule has 2 aromatic carbocycles. The number of likely N-dealkylation sites (N-methyl/N-ethyl adjacent to an activating group) is 2. The predicted octanol–water partition coefficient (Wildman–Crippen LogP) is 4.33. The summed E-state index contributed by atoms with van der Waals surface area (Å²) in [6.45, 7) is 0.500. The predicted molar refractivity (Wildman–Crippen MR) is 115 cm³/mol. The van der Waals surface area contributed by atoms with E-state index in [1.165, 1.54) is 12.1 Å². The Balaban J connectivity index is 1.90. The SMILES string of the molecule is CN(Cc1ccncc1)C(=O)CN(C)c1cc(C(=O)O)cc2cc(Cl)cc(Cl)c12. The standard InChI is InChI=1S/C21H19Cl2N3O3/c1-25(12-19(27)26(2)11-13-3-5-24-6-4-13)18-9-15(21(28)29)7-14-8-16(22)10-17(23)20(14)18/h3-10H,11-12H2,1-2H3,(H,28,29). The van der Waals surface area contributed by atoms with Crippen molar-refractivity contribution in [3.63, 3.8) is 0 Å². The number of hydrogen-bond acceptors (Lipinski definition) is 4. The topological polar surface area (TPSA) is 73.7 Å². The van der Waals surface area contributed by atoms with Crippen LogP contribution in [0, 0.1) is 0 Å². The highest BCUT2D eigenvalue weighted by Crippen LogP contribution is 2.36. The zero-order valence-corrected chi connectivity index (χ0v) is 17.4. The van der Waals surface area contributed by atoms with Crippen LogP contribution in [-0.4, -0.2) is 47.5 Å². The van der Waals surface area contributed by atoms with Gasteiger partial charge in [-0.1, -0.05) is 23.2 Å². The minimum Gasteiger partial charge on any atom is -0.478 e. The maximum atomic E-state index is 12.7. The van der Waals surface area contributed by atoms with Gasteiger partial charge in [-0.25, -0.2) is 4.79 Å². The molecule has 150 valence electrons. The van der Waals surface area contributed by atoms with Gasteiger partial charge in [-0.05, 0) is 47.3 Å². The van der Waals surface area contributed by atoms with Gasteiger partial charge < -0.3 is 14.9 Å². The van der Waals surface area contributed by atoms with Crippen molar-refractivity contribution in [2.75, 3.05) is 25.5 Å². The van der Waals surface area contributed by atoms with Crippen molar-refractivity contribution >= 4 is 51.5 Å². The summed E-state index contributed by atoms with van der Waals surface area (Å²) in [6, 6.07) is 9.98. The second kappa shape index (κ2) is 8.68. The maximum absolute atomic E-state index is 12.7. The van der Waals surface area contributed by atoms with Crippen LogP contribution in [0.15, 0.2) is 48.8 Å². The average molecular weight is 432 g/mol. The number of anilines is 1. The molecule has 3 aromatic rings. The van der Waals surface area contributed by atoms with Gasteiger partial charge in [-0.3, -0.25) is 9.78 Å². The van der Waals surface area contributed by atoms with Crippen molar-refractivity contribution in [2.45, 2.75) is 6.54 Å². The number of carbonyl (C=O) groups is 2. The molecule has 0 fully saturated rings. The Kier molecular flexibility index (Phi) is 6.25. The second-order valence-electron chi connectivity index (χ2n) is 6.75. The summed E-state index contributed by atoms with van der Waals surface area (Å²) in [6.07, 6.45) is 3.35. The second-order valence-corrected chi connectivity index (χ2v) is 7.59. The number of fused-ring (bicyclic) bond motifs is 1. The van der Waals surface area contributed by atoms with Crippen LogP contribution in [0.4, 0.5) is 5.69 Å². The maximum Gasteiger partial charge on any atom is 0.335 e. The van der Waals surface area contributed by atoms with Gasteiger partial charge in [0, 0.05) is 49.1 Å². The molecule has 0 saturated heterocycles. The molecule has 8 heteroatoms. The molecule has 0 bridgehead atoms. The van der Waals surface area contributed by atoms with Crippen molar-refractivity contribution in [1.29, 1.82) is 0 Å². The van der Waals surface area contributed by atoms with Crippen molar-refractivity contribution in [2.24, 2.45) is 0 Å². The Hall–Kier alpha value is -2.83. The summed E-state index contributed by atoms with van der Waals surface area (Å²) in [4.78, 5) is 31.6. The first kappa shape index (κ1) is 20.9. The number of halogens is 2. The molecule has 0 aliphatic carbocycles. The Labute approximate surface area is 178 Å². The first-order chi connectivity index (χ1) is 13.8. The molecule has 0 aliphatic heterocycles. The van der Waals surface area contributed by atoms with E-state index in [0.717, 1.165) is 5.56 Å². The van der Waals surface area contributed by atoms with E-state index < -0.39 is 5.97 Å². The molecule has 29 heavy (non-hydrogen) atoms. The highest BCUT2D eigenvalue weighted by atomic mass is 35.5. The van der Waals surface area contributed by atoms with Gasteiger partial charge in [0.25, 0.3) is 0 Å². The van der Waals surface area contributed by atoms with E-state index in [2.05, 4.69) is 4.98 Å². The summed E-state index contributed by atoms with van der Waals surface area (Å²) >= 11 is 12.5. The molecule has 6 nitrogen and oxygen atoms in total. The first-order valence-electron chi connectivity index (χ1n) is 8.76. The normalized spacial score (nSPS) is 10.8. The molecule has 1 amide bonds. The largest absolute Gasteiger partial charge is 0.478 e. The molecule has 0 unspecified atom stereocenters. The molecule has 1 N–H and O–H groups in total. The van der Waals surface area contributed by atoms with E-state index in [4.69, 9.17) is 23.2 Å². The lowest BCUT2D eigenvalue weighted by atomic mass is 10.0. The van der Waals surface area contributed by atoms with Gasteiger partial charge in [-0.2, -0.15) is 0 Å². The number of aromatic nitrogens is 1. The van der Waals surface area contributed by atoms with Crippen molar-refractivity contribution < 1.29 is 14.7 Å². The molecule has 3 rings (SSSR count). The number of rotatable bonds is 6. The van der Waals surface area contributed by atoms with Crippen LogP contribution in [-0.2, 0) is 11.3 Å². The van der Waals surface area contributed by atoms with Gasteiger partial charge in [0.1, 0.15) is 0 Å². The molecule has 0 atom stereocenters. The van der Waals surface area contributed by atoms with Crippen LogP contribution in [0.3, 0.4) is 0 Å². The Bertz CT molecular complexity index is 1070. The smallest absolute Gasteiger partial charge is 0.335 e. The lowest BCUT2D eigenvalue weighted by Gasteiger charge is -2.25. The molecule has 0 saturated carbocycles. The Morgan fingerprint density at radius 3 is 2.41 bits per heavy atom. The molecular formula is C21H19Cl2N3O3. The number of carboxylic acids is 1. The van der Waals surface area contributed by atoms with E-state index in [0.29, 0.717) is 33.0 Å². The molecule has 0 aliphatic rings. The number of carbonyl (C=O) groups excluding carboxylic acids is 1. The minimum absolute atomic E-state index is 0.0543. The van der Waals surface area contributed by atoms with E-state index >= 15 is 0 Å². The zero-order valence-electron chi connectivity index (χ0n) is 15.9. The third-order valence-electron chi connectivity index (χ3n) is 4.57. The lowest BCUT2D eigenvalue weighted by molar-refractivity contribution is -0.128. The van der Waals surface area contributed by atoms with Gasteiger partial charge in [0.15, 0.2) is 0 Å². The number of aromatic carboxylic acids is 1. The van der Waals surface area contributed by atoms with Crippen molar-refractivity contribution in [3.05, 3.63) is 70.0 Å². The summed E-state index contributed by atoms with van der Waals surface area (Å²) in [5.41, 5.74) is 1.61. The van der Waals surface area contributed by atoms with Crippen LogP contribution in [0.1, 0.15) is 15.9 Å². The van der Waals surface area contributed by atoms with Crippen LogP contribution < -0.4 is 4.90 Å². The third-order valence-corrected chi connectivity index (χ3v) is 5.09. The molecule has 1 heterocycles. The van der Waals surface area contributed by atoms with Crippen LogP contribution in [0.25, 0.3) is 10.8 Å². The minimum atomic E-state index is -1.07. The number of amides is 1. The first-order valence-corrected chi connectivity index (χ1v) is 9.52. The fraction of sp³-hybridized carbons (Fsp3) is 0.190. The number of hydrogen-bond donors (Lipinski definition) is 1. The molecular weight excluding hydrogens is 413 g/mol. The molecule has 0 spiro atoms. The van der Waals surface area contributed by atoms with Crippen LogP contribution in [0.2, 0.25) is 10.0 Å². The zero-order chi connectivity index (χ0) is 21.1. The Morgan fingerprint density at radius 1 is 1.07 bits per heavy atom. The fourth-order valence-electron chi connectivity index (χ4n) is 3.09. The van der Waals surface area contributed by atoms with E-state index in [1.54, 1.807) is 48.4 Å². The summed E-state index contributed by atoms with van der Waals surface area (Å²) in [5.74, 6) is -1.19. The van der Waals surface area contributed by atoms with Crippen molar-refractivity contribution in [1.82, 2.24) is 9.88 Å². The number of nitrogens with zero attached hydrogens (tertiary/aromatic N) is 3. The van der Waals surface area contributed by atoms with Gasteiger partial charge in [0.2, 0.25) is 5.91 Å². The van der Waals surface area contributed by atoms with E-state index in [9.17, 15) is 14.7 Å². The number of benzene rings is 2. The molecule has 0 radical (unpaired) electrons. The summed E-state index contributed by atoms with van der Waals surface area (Å²) < 4.78 is 0. The lowest BCUT2D eigenvalue weighted by Crippen LogP contribution is -2.36. The summed E-state index contributed by atoms with van der Waals surface area (Å²) in [5, 5.41) is 11.5. The Morgan fingerprint density at radius 2 is 1.76 bits per heavy atom. The third kappa shape index (κ3) is 4.78.